The lowest BCUT2D eigenvalue weighted by atomic mass is 10.3. The number of anilines is 2. The summed E-state index contributed by atoms with van der Waals surface area (Å²) in [5.41, 5.74) is 7.23. The lowest BCUT2D eigenvalue weighted by molar-refractivity contribution is -0.113. The molecule has 0 radical (unpaired) electrons. The number of fused-ring (bicyclic) bond motifs is 1. The zero-order valence-electron chi connectivity index (χ0n) is 10.8. The number of nitrogen functional groups attached to an aromatic ring is 1. The molecule has 0 aliphatic rings. The molecule has 0 spiro atoms. The normalized spacial score (nSPS) is 10.7. The molecule has 0 saturated carbocycles. The Balaban J connectivity index is 1.63. The number of nitrogens with two attached hydrogens (primary N) is 1. The predicted octanol–water partition coefficient (Wildman–Crippen LogP) is 2.40. The quantitative estimate of drug-likeness (QED) is 0.567. The number of aromatic nitrogens is 3. The van der Waals surface area contributed by atoms with E-state index in [1.165, 1.54) is 23.1 Å². The van der Waals surface area contributed by atoms with Gasteiger partial charge in [0.05, 0.1) is 22.2 Å². The van der Waals surface area contributed by atoms with Gasteiger partial charge in [0, 0.05) is 18.1 Å². The third kappa shape index (κ3) is 3.47. The van der Waals surface area contributed by atoms with E-state index in [1.54, 1.807) is 24.7 Å². The number of carbonyl (C=O) groups excluding carboxylic acids is 1. The molecular weight excluding hydrogens is 306 g/mol. The van der Waals surface area contributed by atoms with E-state index >= 15 is 0 Å². The van der Waals surface area contributed by atoms with Crippen molar-refractivity contribution in [3.05, 3.63) is 36.8 Å². The van der Waals surface area contributed by atoms with Crippen LogP contribution in [0.4, 0.5) is 10.8 Å². The van der Waals surface area contributed by atoms with Crippen LogP contribution >= 0.6 is 23.1 Å². The first-order valence-electron chi connectivity index (χ1n) is 6.05. The van der Waals surface area contributed by atoms with Gasteiger partial charge in [-0.3, -0.25) is 9.78 Å². The van der Waals surface area contributed by atoms with Gasteiger partial charge in [-0.05, 0) is 18.2 Å². The highest BCUT2D eigenvalue weighted by molar-refractivity contribution is 7.99. The Bertz CT molecular complexity index is 775. The molecule has 0 aliphatic carbocycles. The van der Waals surface area contributed by atoms with E-state index in [0.717, 1.165) is 10.2 Å². The fourth-order valence-corrected chi connectivity index (χ4v) is 3.20. The van der Waals surface area contributed by atoms with Crippen molar-refractivity contribution in [2.75, 3.05) is 16.8 Å². The SMILES string of the molecule is Nc1ccc2nc(NC(=O)CSc3cnccn3)sc2c1. The second kappa shape index (κ2) is 6.06. The summed E-state index contributed by atoms with van der Waals surface area (Å²) in [4.78, 5) is 24.3. The molecule has 0 aliphatic heterocycles. The van der Waals surface area contributed by atoms with E-state index in [-0.39, 0.29) is 11.7 Å². The largest absolute Gasteiger partial charge is 0.399 e. The minimum Gasteiger partial charge on any atom is -0.399 e. The number of amides is 1. The molecule has 3 rings (SSSR count). The van der Waals surface area contributed by atoms with Crippen molar-refractivity contribution in [1.82, 2.24) is 15.0 Å². The number of nitrogens with zero attached hydrogens (tertiary/aromatic N) is 3. The van der Waals surface area contributed by atoms with Crippen LogP contribution in [0.15, 0.2) is 41.8 Å². The summed E-state index contributed by atoms with van der Waals surface area (Å²) >= 11 is 2.73. The Morgan fingerprint density at radius 1 is 1.38 bits per heavy atom. The van der Waals surface area contributed by atoms with Gasteiger partial charge in [-0.1, -0.05) is 23.1 Å². The molecule has 2 aromatic heterocycles. The van der Waals surface area contributed by atoms with Crippen LogP contribution in [0.3, 0.4) is 0 Å². The van der Waals surface area contributed by atoms with E-state index in [0.29, 0.717) is 15.8 Å². The number of nitrogens with one attached hydrogen (secondary N) is 1. The molecule has 0 saturated heterocycles. The molecule has 106 valence electrons. The third-order valence-electron chi connectivity index (χ3n) is 2.55. The maximum Gasteiger partial charge on any atom is 0.236 e. The number of benzene rings is 1. The Hall–Kier alpha value is -2.19. The Labute approximate surface area is 128 Å². The van der Waals surface area contributed by atoms with Crippen LogP contribution < -0.4 is 11.1 Å². The van der Waals surface area contributed by atoms with E-state index in [2.05, 4.69) is 20.3 Å². The van der Waals surface area contributed by atoms with Gasteiger partial charge in [-0.15, -0.1) is 0 Å². The summed E-state index contributed by atoms with van der Waals surface area (Å²) in [7, 11) is 0. The van der Waals surface area contributed by atoms with Gasteiger partial charge in [0.15, 0.2) is 5.13 Å². The van der Waals surface area contributed by atoms with Crippen LogP contribution in [0.5, 0.6) is 0 Å². The van der Waals surface area contributed by atoms with E-state index in [4.69, 9.17) is 5.73 Å². The van der Waals surface area contributed by atoms with Gasteiger partial charge in [0.1, 0.15) is 5.03 Å². The molecule has 1 aromatic carbocycles. The molecule has 3 aromatic rings. The van der Waals surface area contributed by atoms with Crippen LogP contribution in [0.2, 0.25) is 0 Å². The molecule has 2 heterocycles. The fourth-order valence-electron chi connectivity index (χ4n) is 1.65. The maximum atomic E-state index is 11.9. The van der Waals surface area contributed by atoms with Crippen molar-refractivity contribution in [2.24, 2.45) is 0 Å². The Kier molecular flexibility index (Phi) is 3.98. The molecule has 6 nitrogen and oxygen atoms in total. The van der Waals surface area contributed by atoms with Crippen LogP contribution in [-0.2, 0) is 4.79 Å². The molecule has 1 amide bonds. The Morgan fingerprint density at radius 2 is 2.29 bits per heavy atom. The summed E-state index contributed by atoms with van der Waals surface area (Å²) in [6.45, 7) is 0. The number of hydrogen-bond acceptors (Lipinski definition) is 7. The first-order valence-corrected chi connectivity index (χ1v) is 7.85. The molecule has 3 N–H and O–H groups in total. The molecule has 8 heteroatoms. The zero-order chi connectivity index (χ0) is 14.7. The smallest absolute Gasteiger partial charge is 0.236 e. The number of thiazole rings is 1. The second-order valence-corrected chi connectivity index (χ2v) is 6.15. The number of hydrogen-bond donors (Lipinski definition) is 2. The molecule has 0 bridgehead atoms. The van der Waals surface area contributed by atoms with Crippen molar-refractivity contribution in [2.45, 2.75) is 5.03 Å². The lowest BCUT2D eigenvalue weighted by Crippen LogP contribution is -2.13. The Morgan fingerprint density at radius 3 is 3.10 bits per heavy atom. The van der Waals surface area contributed by atoms with Crippen molar-refractivity contribution in [3.63, 3.8) is 0 Å². The monoisotopic (exact) mass is 317 g/mol. The maximum absolute atomic E-state index is 11.9. The second-order valence-electron chi connectivity index (χ2n) is 4.13. The number of thioether (sulfide) groups is 1. The molecule has 0 atom stereocenters. The van der Waals surface area contributed by atoms with E-state index < -0.39 is 0 Å². The molecule has 0 unspecified atom stereocenters. The van der Waals surface area contributed by atoms with Crippen LogP contribution in [0.25, 0.3) is 10.2 Å². The van der Waals surface area contributed by atoms with Crippen molar-refractivity contribution in [1.29, 1.82) is 0 Å². The molecule has 0 fully saturated rings. The molecule has 21 heavy (non-hydrogen) atoms. The number of rotatable bonds is 4. The minimum atomic E-state index is -0.127. The standard InChI is InChI=1S/C13H11N5OS2/c14-8-1-2-9-10(5-8)21-13(17-9)18-11(19)7-20-12-6-15-3-4-16-12/h1-6H,7,14H2,(H,17,18,19). The van der Waals surface area contributed by atoms with Crippen LogP contribution in [-0.4, -0.2) is 26.6 Å². The average Bonchev–Trinajstić information content (AvgIpc) is 2.87. The van der Waals surface area contributed by atoms with Crippen molar-refractivity contribution < 1.29 is 4.79 Å². The highest BCUT2D eigenvalue weighted by Crippen LogP contribution is 2.27. The first-order chi connectivity index (χ1) is 10.2. The average molecular weight is 317 g/mol. The third-order valence-corrected chi connectivity index (χ3v) is 4.40. The molecular formula is C13H11N5OS2. The summed E-state index contributed by atoms with van der Waals surface area (Å²) in [5.74, 6) is 0.134. The summed E-state index contributed by atoms with van der Waals surface area (Å²) in [5, 5.41) is 4.06. The number of carbonyl (C=O) groups is 1. The summed E-state index contributed by atoms with van der Waals surface area (Å²) in [6.07, 6.45) is 4.81. The highest BCUT2D eigenvalue weighted by atomic mass is 32.2. The minimum absolute atomic E-state index is 0.127. The zero-order valence-corrected chi connectivity index (χ0v) is 12.4. The van der Waals surface area contributed by atoms with Crippen molar-refractivity contribution >= 4 is 50.0 Å². The van der Waals surface area contributed by atoms with Crippen LogP contribution in [0.1, 0.15) is 0 Å². The van der Waals surface area contributed by atoms with E-state index in [9.17, 15) is 4.79 Å². The van der Waals surface area contributed by atoms with Crippen LogP contribution in [0, 0.1) is 0 Å². The van der Waals surface area contributed by atoms with Crippen molar-refractivity contribution in [3.8, 4) is 0 Å². The highest BCUT2D eigenvalue weighted by Gasteiger charge is 2.09. The topological polar surface area (TPSA) is 93.8 Å². The lowest BCUT2D eigenvalue weighted by Gasteiger charge is -2.00. The first kappa shape index (κ1) is 13.8. The summed E-state index contributed by atoms with van der Waals surface area (Å²) in [6, 6.07) is 5.47. The summed E-state index contributed by atoms with van der Waals surface area (Å²) < 4.78 is 0.951. The van der Waals surface area contributed by atoms with Gasteiger partial charge in [-0.2, -0.15) is 0 Å². The van der Waals surface area contributed by atoms with Gasteiger partial charge >= 0.3 is 0 Å². The van der Waals surface area contributed by atoms with Gasteiger partial charge in [-0.25, -0.2) is 9.97 Å². The van der Waals surface area contributed by atoms with Gasteiger partial charge < -0.3 is 11.1 Å². The van der Waals surface area contributed by atoms with Gasteiger partial charge in [0.25, 0.3) is 0 Å². The van der Waals surface area contributed by atoms with Gasteiger partial charge in [0.2, 0.25) is 5.91 Å². The predicted molar refractivity (Wildman–Crippen MR) is 85.4 cm³/mol. The van der Waals surface area contributed by atoms with E-state index in [1.807, 2.05) is 12.1 Å². The fraction of sp³-hybridized carbons (Fsp3) is 0.0769.